The number of thioether (sulfide) groups is 1. The minimum Gasteiger partial charge on any atom is -0.461 e. The van der Waals surface area contributed by atoms with Crippen LogP contribution in [0, 0.1) is 6.92 Å². The molecule has 27 heavy (non-hydrogen) atoms. The highest BCUT2D eigenvalue weighted by Crippen LogP contribution is 2.37. The van der Waals surface area contributed by atoms with Crippen molar-refractivity contribution in [1.29, 1.82) is 0 Å². The number of aliphatic hydroxyl groups is 1. The van der Waals surface area contributed by atoms with Crippen molar-refractivity contribution in [2.75, 3.05) is 13.2 Å². The number of carbonyl (C=O) groups is 1. The fourth-order valence-corrected chi connectivity index (χ4v) is 5.23. The van der Waals surface area contributed by atoms with Gasteiger partial charge in [0.25, 0.3) is 0 Å². The van der Waals surface area contributed by atoms with Crippen molar-refractivity contribution >= 4 is 33.9 Å². The van der Waals surface area contributed by atoms with Gasteiger partial charge in [0.2, 0.25) is 0 Å². The zero-order valence-corrected chi connectivity index (χ0v) is 17.0. The zero-order valence-electron chi connectivity index (χ0n) is 15.3. The molecule has 0 aliphatic heterocycles. The number of rotatable bonds is 8. The Morgan fingerprint density at radius 1 is 1.41 bits per heavy atom. The Kier molecular flexibility index (Phi) is 6.54. The van der Waals surface area contributed by atoms with E-state index in [-0.39, 0.29) is 18.6 Å². The lowest BCUT2D eigenvalue weighted by atomic mass is 10.1. The summed E-state index contributed by atoms with van der Waals surface area (Å²) in [6.45, 7) is 3.90. The molecule has 6 nitrogen and oxygen atoms in total. The molecule has 8 heteroatoms. The molecule has 0 amide bonds. The van der Waals surface area contributed by atoms with E-state index in [1.165, 1.54) is 16.9 Å². The van der Waals surface area contributed by atoms with Crippen LogP contribution in [0.2, 0.25) is 0 Å². The molecule has 1 aromatic carbocycles. The average molecular weight is 406 g/mol. The van der Waals surface area contributed by atoms with Gasteiger partial charge in [-0.3, -0.25) is 0 Å². The molecule has 0 bridgehead atoms. The predicted octanol–water partition coefficient (Wildman–Crippen LogP) is 3.04. The van der Waals surface area contributed by atoms with Crippen molar-refractivity contribution in [3.05, 3.63) is 52.8 Å². The van der Waals surface area contributed by atoms with E-state index in [1.54, 1.807) is 23.2 Å². The molecule has 144 valence electrons. The Hall–Kier alpha value is -1.87. The number of nitrogens with two attached hydrogens (primary N) is 1. The molecule has 3 N–H and O–H groups in total. The van der Waals surface area contributed by atoms with Crippen molar-refractivity contribution in [2.24, 2.45) is 5.73 Å². The van der Waals surface area contributed by atoms with Crippen LogP contribution in [0.15, 0.2) is 34.5 Å². The first-order valence-corrected chi connectivity index (χ1v) is 10.6. The second kappa shape index (κ2) is 8.88. The van der Waals surface area contributed by atoms with Gasteiger partial charge in [0.05, 0.1) is 23.1 Å². The number of hydrogen-bond donors (Lipinski definition) is 2. The van der Waals surface area contributed by atoms with Crippen molar-refractivity contribution < 1.29 is 14.6 Å². The summed E-state index contributed by atoms with van der Waals surface area (Å²) >= 11 is 3.12. The van der Waals surface area contributed by atoms with E-state index in [2.05, 4.69) is 17.2 Å². The molecule has 3 aromatic rings. The van der Waals surface area contributed by atoms with E-state index < -0.39 is 0 Å². The van der Waals surface area contributed by atoms with Gasteiger partial charge in [-0.05, 0) is 25.8 Å². The van der Waals surface area contributed by atoms with Gasteiger partial charge in [-0.25, -0.2) is 9.31 Å². The summed E-state index contributed by atoms with van der Waals surface area (Å²) < 4.78 is 7.81. The summed E-state index contributed by atoms with van der Waals surface area (Å²) in [5.41, 5.74) is 9.36. The van der Waals surface area contributed by atoms with Crippen LogP contribution in [0.3, 0.4) is 0 Å². The van der Waals surface area contributed by atoms with Crippen LogP contribution in [-0.2, 0) is 16.9 Å². The monoisotopic (exact) mass is 405 g/mol. The molecule has 3 rings (SSSR count). The predicted molar refractivity (Wildman–Crippen MR) is 109 cm³/mol. The van der Waals surface area contributed by atoms with E-state index in [9.17, 15) is 9.90 Å². The van der Waals surface area contributed by atoms with Gasteiger partial charge in [-0.1, -0.05) is 30.3 Å². The third-order valence-electron chi connectivity index (χ3n) is 4.11. The molecule has 0 fully saturated rings. The maximum Gasteiger partial charge on any atom is 0.359 e. The minimum atomic E-state index is -0.375. The largest absolute Gasteiger partial charge is 0.461 e. The fourth-order valence-electron chi connectivity index (χ4n) is 2.77. The second-order valence-electron chi connectivity index (χ2n) is 6.16. The van der Waals surface area contributed by atoms with Crippen LogP contribution in [-0.4, -0.2) is 39.9 Å². The highest BCUT2D eigenvalue weighted by Gasteiger charge is 2.25. The Morgan fingerprint density at radius 2 is 2.15 bits per heavy atom. The van der Waals surface area contributed by atoms with Crippen molar-refractivity contribution in [3.63, 3.8) is 0 Å². The van der Waals surface area contributed by atoms with E-state index in [0.717, 1.165) is 26.0 Å². The first-order valence-electron chi connectivity index (χ1n) is 8.76. The molecule has 0 saturated carbocycles. The highest BCUT2D eigenvalue weighted by atomic mass is 32.2. The summed E-state index contributed by atoms with van der Waals surface area (Å²) in [6, 6.07) is 9.75. The number of esters is 1. The van der Waals surface area contributed by atoms with Gasteiger partial charge >= 0.3 is 5.97 Å². The number of benzene rings is 1. The normalized spacial score (nSPS) is 12.4. The molecule has 2 aromatic heterocycles. The SMILES string of the molecule is CCOC(=O)c1c(SCc2ccccc2)sc2c(CC(N)CO)c(C)nn12. The lowest BCUT2D eigenvalue weighted by Crippen LogP contribution is -2.26. The summed E-state index contributed by atoms with van der Waals surface area (Å²) in [5.74, 6) is 0.376. The smallest absolute Gasteiger partial charge is 0.359 e. The van der Waals surface area contributed by atoms with Crippen LogP contribution in [0.4, 0.5) is 0 Å². The first kappa shape index (κ1) is 19.9. The molecule has 1 atom stereocenters. The number of ether oxygens (including phenoxy) is 1. The maximum atomic E-state index is 12.6. The number of aliphatic hydroxyl groups excluding tert-OH is 1. The van der Waals surface area contributed by atoms with Crippen molar-refractivity contribution in [2.45, 2.75) is 36.3 Å². The third-order valence-corrected chi connectivity index (χ3v) is 6.64. The van der Waals surface area contributed by atoms with E-state index in [0.29, 0.717) is 18.7 Å². The summed E-state index contributed by atoms with van der Waals surface area (Å²) in [6.07, 6.45) is 0.511. The summed E-state index contributed by atoms with van der Waals surface area (Å²) in [4.78, 5) is 13.5. The highest BCUT2D eigenvalue weighted by molar-refractivity contribution is 8.00. The molecule has 0 radical (unpaired) electrons. The van der Waals surface area contributed by atoms with Crippen molar-refractivity contribution in [3.8, 4) is 0 Å². The third kappa shape index (κ3) is 4.35. The summed E-state index contributed by atoms with van der Waals surface area (Å²) in [5, 5.41) is 13.9. The Morgan fingerprint density at radius 3 is 2.81 bits per heavy atom. The molecule has 0 aliphatic carbocycles. The molecule has 0 aliphatic rings. The van der Waals surface area contributed by atoms with Crippen LogP contribution < -0.4 is 5.73 Å². The number of hydrogen-bond acceptors (Lipinski definition) is 7. The Balaban J connectivity index is 2.00. The lowest BCUT2D eigenvalue weighted by molar-refractivity contribution is 0.0513. The Labute approximate surface area is 166 Å². The van der Waals surface area contributed by atoms with Gasteiger partial charge < -0.3 is 15.6 Å². The topological polar surface area (TPSA) is 89.8 Å². The number of carbonyl (C=O) groups excluding carboxylic acids is 1. The maximum absolute atomic E-state index is 12.6. The van der Waals surface area contributed by atoms with E-state index in [4.69, 9.17) is 10.5 Å². The average Bonchev–Trinajstić information content (AvgIpc) is 3.16. The number of fused-ring (bicyclic) bond motifs is 1. The van der Waals surface area contributed by atoms with Gasteiger partial charge in [0.1, 0.15) is 4.83 Å². The van der Waals surface area contributed by atoms with E-state index >= 15 is 0 Å². The Bertz CT molecular complexity index is 921. The van der Waals surface area contributed by atoms with Gasteiger partial charge in [-0.2, -0.15) is 5.10 Å². The van der Waals surface area contributed by atoms with Gasteiger partial charge in [0.15, 0.2) is 5.69 Å². The zero-order chi connectivity index (χ0) is 19.4. The second-order valence-corrected chi connectivity index (χ2v) is 8.40. The van der Waals surface area contributed by atoms with Gasteiger partial charge in [-0.15, -0.1) is 23.1 Å². The molecular weight excluding hydrogens is 382 g/mol. The quantitative estimate of drug-likeness (QED) is 0.442. The van der Waals surface area contributed by atoms with Crippen LogP contribution in [0.1, 0.15) is 34.2 Å². The summed E-state index contributed by atoms with van der Waals surface area (Å²) in [7, 11) is 0. The number of aryl methyl sites for hydroxylation is 1. The minimum absolute atomic E-state index is 0.0947. The van der Waals surface area contributed by atoms with E-state index in [1.807, 2.05) is 25.1 Å². The fraction of sp³-hybridized carbons (Fsp3) is 0.368. The van der Waals surface area contributed by atoms with Crippen LogP contribution in [0.25, 0.3) is 4.83 Å². The standard InChI is InChI=1S/C19H23N3O3S2/c1-3-25-18(24)16-19(26-11-13-7-5-4-6-8-13)27-17-15(9-14(20)10-23)12(2)21-22(16)17/h4-8,14,23H,3,9-11,20H2,1-2H3. The van der Waals surface area contributed by atoms with Gasteiger partial charge in [0, 0.05) is 17.4 Å². The molecule has 2 heterocycles. The van der Waals surface area contributed by atoms with Crippen LogP contribution in [0.5, 0.6) is 0 Å². The number of aromatic nitrogens is 2. The molecule has 0 spiro atoms. The molecule has 0 saturated heterocycles. The molecule has 1 unspecified atom stereocenters. The number of nitrogens with zero attached hydrogens (tertiary/aromatic N) is 2. The first-order chi connectivity index (χ1) is 13.0. The molecular formula is C19H23N3O3S2. The number of thiazole rings is 1. The van der Waals surface area contributed by atoms with Crippen molar-refractivity contribution in [1.82, 2.24) is 9.61 Å². The van der Waals surface area contributed by atoms with Crippen LogP contribution >= 0.6 is 23.1 Å². The lowest BCUT2D eigenvalue weighted by Gasteiger charge is -2.06.